The summed E-state index contributed by atoms with van der Waals surface area (Å²) in [5.74, 6) is 1.63. The number of aryl methyl sites for hydroxylation is 1. The van der Waals surface area contributed by atoms with Gasteiger partial charge in [0.15, 0.2) is 0 Å². The smallest absolute Gasteiger partial charge is 0.255 e. The van der Waals surface area contributed by atoms with Gasteiger partial charge in [0.1, 0.15) is 5.75 Å². The SMILES string of the molecule is Cc1cc(=O)n(CCCOc2ccccc2)c(N2CCNC[C@H]2C)n1. The van der Waals surface area contributed by atoms with Crippen molar-refractivity contribution >= 4 is 5.95 Å². The topological polar surface area (TPSA) is 59.4 Å². The summed E-state index contributed by atoms with van der Waals surface area (Å²) in [4.78, 5) is 19.4. The Balaban J connectivity index is 1.70. The average molecular weight is 342 g/mol. The number of piperazine rings is 1. The van der Waals surface area contributed by atoms with Gasteiger partial charge in [0.25, 0.3) is 5.56 Å². The third kappa shape index (κ3) is 4.39. The first-order chi connectivity index (χ1) is 12.1. The molecule has 0 saturated carbocycles. The van der Waals surface area contributed by atoms with Crippen molar-refractivity contribution in [2.24, 2.45) is 0 Å². The van der Waals surface area contributed by atoms with Crippen LogP contribution in [0.25, 0.3) is 0 Å². The number of hydrogen-bond acceptors (Lipinski definition) is 5. The van der Waals surface area contributed by atoms with E-state index in [0.29, 0.717) is 19.2 Å². The van der Waals surface area contributed by atoms with Gasteiger partial charge in [-0.3, -0.25) is 9.36 Å². The summed E-state index contributed by atoms with van der Waals surface area (Å²) in [6.07, 6.45) is 0.757. The zero-order chi connectivity index (χ0) is 17.6. The molecule has 0 radical (unpaired) electrons. The van der Waals surface area contributed by atoms with E-state index in [2.05, 4.69) is 22.1 Å². The van der Waals surface area contributed by atoms with E-state index in [0.717, 1.165) is 43.4 Å². The maximum atomic E-state index is 12.5. The maximum absolute atomic E-state index is 12.5. The number of aromatic nitrogens is 2. The van der Waals surface area contributed by atoms with Gasteiger partial charge in [-0.2, -0.15) is 0 Å². The second-order valence-electron chi connectivity index (χ2n) is 6.45. The van der Waals surface area contributed by atoms with Crippen LogP contribution >= 0.6 is 0 Å². The van der Waals surface area contributed by atoms with Crippen molar-refractivity contribution in [2.45, 2.75) is 32.9 Å². The number of nitrogens with zero attached hydrogens (tertiary/aromatic N) is 3. The van der Waals surface area contributed by atoms with Crippen molar-refractivity contribution in [3.05, 3.63) is 52.4 Å². The first kappa shape index (κ1) is 17.5. The highest BCUT2D eigenvalue weighted by atomic mass is 16.5. The molecule has 25 heavy (non-hydrogen) atoms. The third-order valence-electron chi connectivity index (χ3n) is 4.41. The molecule has 0 bridgehead atoms. The predicted molar refractivity (Wildman–Crippen MR) is 99.5 cm³/mol. The molecule has 2 heterocycles. The molecule has 1 fully saturated rings. The van der Waals surface area contributed by atoms with E-state index in [4.69, 9.17) is 4.74 Å². The fourth-order valence-electron chi connectivity index (χ4n) is 3.10. The fourth-order valence-corrected chi connectivity index (χ4v) is 3.10. The number of rotatable bonds is 6. The van der Waals surface area contributed by atoms with Gasteiger partial charge in [-0.05, 0) is 32.4 Å². The van der Waals surface area contributed by atoms with Crippen LogP contribution in [0.2, 0.25) is 0 Å². The van der Waals surface area contributed by atoms with Gasteiger partial charge in [0.2, 0.25) is 5.95 Å². The molecule has 3 rings (SSSR count). The molecule has 0 amide bonds. The number of para-hydroxylation sites is 1. The Bertz CT molecular complexity index is 745. The lowest BCUT2D eigenvalue weighted by molar-refractivity contribution is 0.300. The second kappa shape index (κ2) is 8.16. The summed E-state index contributed by atoms with van der Waals surface area (Å²) in [5, 5.41) is 3.38. The molecule has 1 N–H and O–H groups in total. The van der Waals surface area contributed by atoms with Crippen molar-refractivity contribution in [1.82, 2.24) is 14.9 Å². The predicted octanol–water partition coefficient (Wildman–Crippen LogP) is 1.82. The second-order valence-corrected chi connectivity index (χ2v) is 6.45. The van der Waals surface area contributed by atoms with Gasteiger partial charge in [-0.15, -0.1) is 0 Å². The summed E-state index contributed by atoms with van der Waals surface area (Å²) in [7, 11) is 0. The summed E-state index contributed by atoms with van der Waals surface area (Å²) >= 11 is 0. The van der Waals surface area contributed by atoms with Crippen LogP contribution in [0.4, 0.5) is 5.95 Å². The summed E-state index contributed by atoms with van der Waals surface area (Å²) in [6, 6.07) is 11.7. The molecule has 0 unspecified atom stereocenters. The molecule has 1 atom stereocenters. The van der Waals surface area contributed by atoms with Crippen molar-refractivity contribution < 1.29 is 4.74 Å². The molecular formula is C19H26N4O2. The highest BCUT2D eigenvalue weighted by molar-refractivity contribution is 5.35. The molecule has 1 aromatic carbocycles. The molecule has 2 aromatic rings. The van der Waals surface area contributed by atoms with Crippen molar-refractivity contribution in [3.63, 3.8) is 0 Å². The zero-order valence-corrected chi connectivity index (χ0v) is 14.9. The minimum absolute atomic E-state index is 0.00736. The highest BCUT2D eigenvalue weighted by Gasteiger charge is 2.22. The molecular weight excluding hydrogens is 316 g/mol. The quantitative estimate of drug-likeness (QED) is 0.812. The van der Waals surface area contributed by atoms with E-state index in [1.165, 1.54) is 0 Å². The molecule has 0 aliphatic carbocycles. The van der Waals surface area contributed by atoms with Crippen LogP contribution in [0.15, 0.2) is 41.2 Å². The molecule has 1 aliphatic heterocycles. The summed E-state index contributed by atoms with van der Waals surface area (Å²) in [5.41, 5.74) is 0.774. The van der Waals surface area contributed by atoms with Crippen LogP contribution in [0.1, 0.15) is 19.0 Å². The number of benzene rings is 1. The first-order valence-corrected chi connectivity index (χ1v) is 8.89. The Hall–Kier alpha value is -2.34. The standard InChI is InChI=1S/C19H26N4O2/c1-15-13-18(24)23(10-6-12-25-17-7-4-3-5-8-17)19(21-15)22-11-9-20-14-16(22)2/h3-5,7-8,13,16,20H,6,9-12,14H2,1-2H3/t16-/m1/s1. The van der Waals surface area contributed by atoms with Crippen LogP contribution in [0, 0.1) is 6.92 Å². The van der Waals surface area contributed by atoms with Gasteiger partial charge in [0, 0.05) is 44.0 Å². The average Bonchev–Trinajstić information content (AvgIpc) is 2.61. The van der Waals surface area contributed by atoms with Crippen LogP contribution in [-0.4, -0.2) is 41.8 Å². The Kier molecular flexibility index (Phi) is 5.71. The van der Waals surface area contributed by atoms with Crippen LogP contribution < -0.4 is 20.5 Å². The molecule has 1 saturated heterocycles. The number of ether oxygens (including phenoxy) is 1. The van der Waals surface area contributed by atoms with Crippen molar-refractivity contribution in [1.29, 1.82) is 0 Å². The van der Waals surface area contributed by atoms with Gasteiger partial charge in [-0.1, -0.05) is 18.2 Å². The molecule has 134 valence electrons. The summed E-state index contributed by atoms with van der Waals surface area (Å²) in [6.45, 7) is 7.87. The molecule has 1 aromatic heterocycles. The normalized spacial score (nSPS) is 17.5. The van der Waals surface area contributed by atoms with E-state index in [-0.39, 0.29) is 5.56 Å². The van der Waals surface area contributed by atoms with Crippen LogP contribution in [0.3, 0.4) is 0 Å². The molecule has 1 aliphatic rings. The summed E-state index contributed by atoms with van der Waals surface area (Å²) < 4.78 is 7.52. The number of hydrogen-bond donors (Lipinski definition) is 1. The third-order valence-corrected chi connectivity index (χ3v) is 4.41. The Labute approximate surface area is 148 Å². The van der Waals surface area contributed by atoms with E-state index in [1.807, 2.05) is 37.3 Å². The lowest BCUT2D eigenvalue weighted by Gasteiger charge is -2.36. The van der Waals surface area contributed by atoms with Gasteiger partial charge >= 0.3 is 0 Å². The van der Waals surface area contributed by atoms with Crippen LogP contribution in [-0.2, 0) is 6.54 Å². The lowest BCUT2D eigenvalue weighted by atomic mass is 10.2. The molecule has 6 nitrogen and oxygen atoms in total. The van der Waals surface area contributed by atoms with Gasteiger partial charge < -0.3 is 15.0 Å². The van der Waals surface area contributed by atoms with E-state index in [9.17, 15) is 4.79 Å². The highest BCUT2D eigenvalue weighted by Crippen LogP contribution is 2.16. The maximum Gasteiger partial charge on any atom is 0.255 e. The first-order valence-electron chi connectivity index (χ1n) is 8.89. The Morgan fingerprint density at radius 2 is 2.12 bits per heavy atom. The minimum Gasteiger partial charge on any atom is -0.494 e. The van der Waals surface area contributed by atoms with Gasteiger partial charge in [-0.25, -0.2) is 4.98 Å². The van der Waals surface area contributed by atoms with E-state index in [1.54, 1.807) is 10.6 Å². The van der Waals surface area contributed by atoms with E-state index < -0.39 is 0 Å². The monoisotopic (exact) mass is 342 g/mol. The molecule has 0 spiro atoms. The number of nitrogens with one attached hydrogen (secondary N) is 1. The van der Waals surface area contributed by atoms with Gasteiger partial charge in [0.05, 0.1) is 6.61 Å². The molecule has 6 heteroatoms. The Morgan fingerprint density at radius 3 is 2.88 bits per heavy atom. The fraction of sp³-hybridized carbons (Fsp3) is 0.474. The lowest BCUT2D eigenvalue weighted by Crippen LogP contribution is -2.52. The minimum atomic E-state index is 0.00736. The zero-order valence-electron chi connectivity index (χ0n) is 14.9. The largest absolute Gasteiger partial charge is 0.494 e. The van der Waals surface area contributed by atoms with Crippen molar-refractivity contribution in [3.8, 4) is 5.75 Å². The number of anilines is 1. The van der Waals surface area contributed by atoms with E-state index >= 15 is 0 Å². The Morgan fingerprint density at radius 1 is 1.32 bits per heavy atom. The van der Waals surface area contributed by atoms with Crippen molar-refractivity contribution in [2.75, 3.05) is 31.1 Å². The van der Waals surface area contributed by atoms with Crippen LogP contribution in [0.5, 0.6) is 5.75 Å².